The number of benzene rings is 1. The van der Waals surface area contributed by atoms with E-state index in [1.807, 2.05) is 6.92 Å². The number of carboxylic acids is 1. The molecule has 0 spiro atoms. The van der Waals surface area contributed by atoms with Crippen LogP contribution in [0, 0.1) is 19.3 Å². The molecule has 5 heterocycles. The van der Waals surface area contributed by atoms with Crippen molar-refractivity contribution in [2.75, 3.05) is 47.4 Å². The minimum atomic E-state index is -0.820. The predicted molar refractivity (Wildman–Crippen MR) is 175 cm³/mol. The second-order valence-electron chi connectivity index (χ2n) is 13.8. The zero-order chi connectivity index (χ0) is 31.2. The number of hydrogen-bond donors (Lipinski definition) is 1. The highest BCUT2D eigenvalue weighted by atomic mass is 16.5. The lowest BCUT2D eigenvalue weighted by molar-refractivity contribution is -0.136. The Balaban J connectivity index is 1.30. The molecule has 0 radical (unpaired) electrons. The summed E-state index contributed by atoms with van der Waals surface area (Å²) in [6, 6.07) is 8.87. The zero-order valence-electron chi connectivity index (χ0n) is 27.1. The molecule has 234 valence electrons. The number of nitrogens with zero attached hydrogens (tertiary/aromatic N) is 6. The van der Waals surface area contributed by atoms with Crippen LogP contribution in [-0.4, -0.2) is 71.0 Å². The number of morpholine rings is 1. The molecule has 2 atom stereocenters. The van der Waals surface area contributed by atoms with Crippen LogP contribution in [0.25, 0.3) is 11.1 Å². The molecule has 0 saturated carbocycles. The van der Waals surface area contributed by atoms with E-state index in [0.29, 0.717) is 5.41 Å². The van der Waals surface area contributed by atoms with E-state index in [-0.39, 0.29) is 18.6 Å². The molecule has 0 amide bonds. The molecule has 0 bridgehead atoms. The summed E-state index contributed by atoms with van der Waals surface area (Å²) in [6.45, 7) is 18.0. The van der Waals surface area contributed by atoms with Gasteiger partial charge in [0.25, 0.3) is 0 Å². The van der Waals surface area contributed by atoms with E-state index in [1.165, 1.54) is 11.1 Å². The van der Waals surface area contributed by atoms with Gasteiger partial charge in [-0.1, -0.05) is 32.0 Å². The SMILES string of the molecule is Cc1nc(C)c(-c2ccc3c(c2)CCN(c2cc(N4CC(C)OC(C)C4)ncn2)C3)c(N2CCC(C)(C)CC2)c1CC(=O)O. The maximum absolute atomic E-state index is 12.0. The topological polar surface area (TPSA) is 94.9 Å². The fraction of sp³-hybridized carbons (Fsp3) is 0.543. The molecule has 6 rings (SSSR count). The van der Waals surface area contributed by atoms with Gasteiger partial charge in [-0.25, -0.2) is 9.97 Å². The number of rotatable bonds is 6. The van der Waals surface area contributed by atoms with Crippen LogP contribution in [0.5, 0.6) is 0 Å². The van der Waals surface area contributed by atoms with E-state index in [9.17, 15) is 9.90 Å². The van der Waals surface area contributed by atoms with Crippen LogP contribution in [0.2, 0.25) is 0 Å². The Morgan fingerprint density at radius 2 is 1.61 bits per heavy atom. The lowest BCUT2D eigenvalue weighted by Crippen LogP contribution is -2.46. The largest absolute Gasteiger partial charge is 0.481 e. The maximum Gasteiger partial charge on any atom is 0.307 e. The van der Waals surface area contributed by atoms with Gasteiger partial charge in [-0.15, -0.1) is 0 Å². The molecular formula is C35H46N6O3. The number of anilines is 3. The first-order chi connectivity index (χ1) is 21.0. The number of ether oxygens (including phenoxy) is 1. The monoisotopic (exact) mass is 598 g/mol. The van der Waals surface area contributed by atoms with Crippen LogP contribution in [0.3, 0.4) is 0 Å². The second-order valence-corrected chi connectivity index (χ2v) is 13.8. The summed E-state index contributed by atoms with van der Waals surface area (Å²) in [4.78, 5) is 33.2. The van der Waals surface area contributed by atoms with Crippen molar-refractivity contribution in [3.05, 3.63) is 58.7 Å². The number of carbonyl (C=O) groups is 1. The fourth-order valence-electron chi connectivity index (χ4n) is 7.21. The highest BCUT2D eigenvalue weighted by molar-refractivity contribution is 5.86. The zero-order valence-corrected chi connectivity index (χ0v) is 27.1. The smallest absolute Gasteiger partial charge is 0.307 e. The molecule has 0 aliphatic carbocycles. The minimum Gasteiger partial charge on any atom is -0.481 e. The van der Waals surface area contributed by atoms with Crippen molar-refractivity contribution in [2.24, 2.45) is 5.41 Å². The number of hydrogen-bond acceptors (Lipinski definition) is 8. The standard InChI is InChI=1S/C35H46N6O3/c1-22-18-41(19-23(2)44-22)31-17-30(36-21-37-31)40-12-9-26-15-27(7-8-28(26)20-40)33-25(4)38-24(3)29(16-32(42)43)34(33)39-13-10-35(5,6)11-14-39/h7-8,15,17,21-23H,9-14,16,18-20H2,1-6H3,(H,42,43). The normalized spacial score (nSPS) is 21.7. The van der Waals surface area contributed by atoms with Gasteiger partial charge in [0.2, 0.25) is 0 Å². The Morgan fingerprint density at radius 1 is 0.932 bits per heavy atom. The summed E-state index contributed by atoms with van der Waals surface area (Å²) >= 11 is 0. The van der Waals surface area contributed by atoms with Crippen LogP contribution < -0.4 is 14.7 Å². The van der Waals surface area contributed by atoms with Gasteiger partial charge in [0.1, 0.15) is 18.0 Å². The van der Waals surface area contributed by atoms with E-state index in [4.69, 9.17) is 9.72 Å². The second kappa shape index (κ2) is 12.0. The summed E-state index contributed by atoms with van der Waals surface area (Å²) in [5, 5.41) is 9.85. The lowest BCUT2D eigenvalue weighted by atomic mass is 9.82. The maximum atomic E-state index is 12.0. The average molecular weight is 599 g/mol. The molecule has 44 heavy (non-hydrogen) atoms. The molecule has 2 aromatic heterocycles. The molecular weight excluding hydrogens is 552 g/mol. The van der Waals surface area contributed by atoms with Gasteiger partial charge in [0, 0.05) is 67.8 Å². The van der Waals surface area contributed by atoms with Crippen molar-refractivity contribution in [3.63, 3.8) is 0 Å². The first-order valence-corrected chi connectivity index (χ1v) is 16.0. The number of aromatic nitrogens is 3. The van der Waals surface area contributed by atoms with Gasteiger partial charge in [0.05, 0.1) is 24.3 Å². The third kappa shape index (κ3) is 6.25. The third-order valence-corrected chi connectivity index (χ3v) is 9.63. The van der Waals surface area contributed by atoms with E-state index in [2.05, 4.69) is 83.6 Å². The van der Waals surface area contributed by atoms with Gasteiger partial charge in [-0.05, 0) is 69.1 Å². The fourth-order valence-corrected chi connectivity index (χ4v) is 7.21. The first-order valence-electron chi connectivity index (χ1n) is 16.0. The van der Waals surface area contributed by atoms with Crippen LogP contribution in [0.1, 0.15) is 68.6 Å². The lowest BCUT2D eigenvalue weighted by Gasteiger charge is -2.40. The molecule has 9 heteroatoms. The number of fused-ring (bicyclic) bond motifs is 1. The van der Waals surface area contributed by atoms with Crippen molar-refractivity contribution >= 4 is 23.3 Å². The van der Waals surface area contributed by atoms with Gasteiger partial charge >= 0.3 is 5.97 Å². The molecule has 3 aliphatic heterocycles. The molecule has 3 aliphatic rings. The van der Waals surface area contributed by atoms with Crippen molar-refractivity contribution in [1.82, 2.24) is 15.0 Å². The summed E-state index contributed by atoms with van der Waals surface area (Å²) in [5.41, 5.74) is 8.77. The van der Waals surface area contributed by atoms with Crippen LogP contribution >= 0.6 is 0 Å². The summed E-state index contributed by atoms with van der Waals surface area (Å²) < 4.78 is 5.92. The van der Waals surface area contributed by atoms with Crippen LogP contribution in [0.4, 0.5) is 17.3 Å². The number of aliphatic carboxylic acids is 1. The molecule has 1 aromatic carbocycles. The Morgan fingerprint density at radius 3 is 2.30 bits per heavy atom. The summed E-state index contributed by atoms with van der Waals surface area (Å²) in [5.74, 6) is 1.08. The highest BCUT2D eigenvalue weighted by Crippen LogP contribution is 2.42. The predicted octanol–water partition coefficient (Wildman–Crippen LogP) is 5.59. The van der Waals surface area contributed by atoms with E-state index >= 15 is 0 Å². The van der Waals surface area contributed by atoms with Crippen molar-refractivity contribution in [2.45, 2.75) is 86.0 Å². The third-order valence-electron chi connectivity index (χ3n) is 9.63. The molecule has 1 N–H and O–H groups in total. The van der Waals surface area contributed by atoms with Gasteiger partial charge in [-0.2, -0.15) is 0 Å². The van der Waals surface area contributed by atoms with Gasteiger partial charge < -0.3 is 24.5 Å². The van der Waals surface area contributed by atoms with Crippen LogP contribution in [0.15, 0.2) is 30.6 Å². The number of piperidine rings is 1. The Bertz CT molecular complexity index is 1540. The van der Waals surface area contributed by atoms with Crippen molar-refractivity contribution in [3.8, 4) is 11.1 Å². The summed E-state index contributed by atoms with van der Waals surface area (Å²) in [7, 11) is 0. The molecule has 3 aromatic rings. The molecule has 2 fully saturated rings. The highest BCUT2D eigenvalue weighted by Gasteiger charge is 2.31. The summed E-state index contributed by atoms with van der Waals surface area (Å²) in [6.07, 6.45) is 5.05. The Hall–Kier alpha value is -3.72. The first kappa shape index (κ1) is 30.3. The van der Waals surface area contributed by atoms with Crippen molar-refractivity contribution in [1.29, 1.82) is 0 Å². The number of carboxylic acid groups (broad SMARTS) is 1. The quantitative estimate of drug-likeness (QED) is 0.390. The Kier molecular flexibility index (Phi) is 8.26. The van der Waals surface area contributed by atoms with Crippen molar-refractivity contribution < 1.29 is 14.6 Å². The van der Waals surface area contributed by atoms with E-state index in [0.717, 1.165) is 104 Å². The van der Waals surface area contributed by atoms with Gasteiger partial charge in [-0.3, -0.25) is 9.78 Å². The van der Waals surface area contributed by atoms with E-state index < -0.39 is 5.97 Å². The minimum absolute atomic E-state index is 0.0234. The molecule has 9 nitrogen and oxygen atoms in total. The van der Waals surface area contributed by atoms with E-state index in [1.54, 1.807) is 6.33 Å². The van der Waals surface area contributed by atoms with Crippen LogP contribution in [-0.2, 0) is 28.9 Å². The number of pyridine rings is 1. The average Bonchev–Trinajstić information content (AvgIpc) is 2.97. The number of aryl methyl sites for hydroxylation is 2. The Labute approximate surface area is 261 Å². The molecule has 2 unspecified atom stereocenters. The molecule has 2 saturated heterocycles. The van der Waals surface area contributed by atoms with Gasteiger partial charge in [0.15, 0.2) is 0 Å².